The number of nitrogens with zero attached hydrogens (tertiary/aromatic N) is 1. The molecule has 2 aromatic carbocycles. The van der Waals surface area contributed by atoms with Crippen molar-refractivity contribution < 1.29 is 22.1 Å². The van der Waals surface area contributed by atoms with E-state index in [0.29, 0.717) is 16.7 Å². The van der Waals surface area contributed by atoms with Crippen molar-refractivity contribution in [1.29, 1.82) is 0 Å². The number of carbonyl (C=O) groups excluding carboxylic acids is 1. The van der Waals surface area contributed by atoms with Gasteiger partial charge in [-0.15, -0.1) is 0 Å². The quantitative estimate of drug-likeness (QED) is 0.481. The molecule has 0 aliphatic rings. The van der Waals surface area contributed by atoms with Crippen LogP contribution in [-0.4, -0.2) is 32.7 Å². The van der Waals surface area contributed by atoms with Crippen molar-refractivity contribution >= 4 is 27.0 Å². The molecule has 3 rings (SSSR count). The second-order valence-corrected chi connectivity index (χ2v) is 8.27. The molecule has 0 saturated carbocycles. The van der Waals surface area contributed by atoms with Crippen LogP contribution < -0.4 is 0 Å². The van der Waals surface area contributed by atoms with Crippen LogP contribution in [-0.2, 0) is 19.0 Å². The van der Waals surface area contributed by atoms with Gasteiger partial charge >= 0.3 is 5.97 Å². The molecule has 0 bridgehead atoms. The topological polar surface area (TPSA) is 82.6 Å². The zero-order chi connectivity index (χ0) is 20.5. The fraction of sp³-hybridized carbons (Fsp3) is 0.238. The average molecular weight is 399 g/mol. The Balaban J connectivity index is 2.20. The molecule has 0 radical (unpaired) electrons. The highest BCUT2D eigenvalue weighted by Gasteiger charge is 2.23. The fourth-order valence-corrected chi connectivity index (χ4v) is 3.66. The molecule has 0 spiro atoms. The monoisotopic (exact) mass is 399 g/mol. The van der Waals surface area contributed by atoms with Crippen LogP contribution in [0.15, 0.2) is 48.5 Å². The van der Waals surface area contributed by atoms with E-state index < -0.39 is 22.2 Å². The van der Waals surface area contributed by atoms with E-state index in [1.165, 1.54) is 7.11 Å². The molecule has 1 heterocycles. The van der Waals surface area contributed by atoms with E-state index in [1.807, 2.05) is 38.1 Å². The Hall–Kier alpha value is -2.77. The van der Waals surface area contributed by atoms with Crippen LogP contribution >= 0.6 is 0 Å². The molecule has 7 heteroatoms. The molecule has 6 nitrogen and oxygen atoms in total. The maximum Gasteiger partial charge on any atom is 0.337 e. The summed E-state index contributed by atoms with van der Waals surface area (Å²) in [6.45, 7) is 3.81. The zero-order valence-corrected chi connectivity index (χ0v) is 16.9. The molecule has 0 N–H and O–H groups in total. The summed E-state index contributed by atoms with van der Waals surface area (Å²) >= 11 is 0. The van der Waals surface area contributed by atoms with Gasteiger partial charge < -0.3 is 4.74 Å². The second kappa shape index (κ2) is 7.69. The largest absolute Gasteiger partial charge is 0.465 e. The van der Waals surface area contributed by atoms with Crippen molar-refractivity contribution in [3.8, 4) is 0 Å². The third-order valence-electron chi connectivity index (χ3n) is 4.31. The Morgan fingerprint density at radius 1 is 1.04 bits per heavy atom. The first kappa shape index (κ1) is 20.0. The van der Waals surface area contributed by atoms with Crippen LogP contribution in [0.4, 0.5) is 0 Å². The summed E-state index contributed by atoms with van der Waals surface area (Å²) in [4.78, 5) is 16.2. The molecule has 0 aliphatic carbocycles. The number of ether oxygens (including phenoxy) is 1. The normalized spacial score (nSPS) is 12.7. The molecule has 3 aromatic rings. The second-order valence-electron chi connectivity index (χ2n) is 6.67. The van der Waals surface area contributed by atoms with Gasteiger partial charge in [-0.05, 0) is 55.3 Å². The number of carbonyl (C=O) groups is 1. The van der Waals surface area contributed by atoms with E-state index >= 15 is 0 Å². The van der Waals surface area contributed by atoms with Crippen molar-refractivity contribution in [3.63, 3.8) is 0 Å². The standard InChI is InChI=1S/C21H21NO5S/c1-13-5-10-19-17(11-13)18(12-14(2)22-19)20(27-28(4,24)25)15-6-8-16(9-7-15)21(23)26-3/h5-12,20H,1-4H3. The number of benzene rings is 2. The van der Waals surface area contributed by atoms with E-state index in [1.54, 1.807) is 24.3 Å². The van der Waals surface area contributed by atoms with Gasteiger partial charge in [-0.1, -0.05) is 23.8 Å². The van der Waals surface area contributed by atoms with Crippen LogP contribution in [0, 0.1) is 13.8 Å². The van der Waals surface area contributed by atoms with E-state index in [9.17, 15) is 13.2 Å². The Morgan fingerprint density at radius 2 is 1.71 bits per heavy atom. The van der Waals surface area contributed by atoms with Gasteiger partial charge in [0, 0.05) is 11.1 Å². The highest BCUT2D eigenvalue weighted by atomic mass is 32.2. The van der Waals surface area contributed by atoms with Crippen molar-refractivity contribution in [2.24, 2.45) is 0 Å². The molecular formula is C21H21NO5S. The minimum Gasteiger partial charge on any atom is -0.465 e. The number of methoxy groups -OCH3 is 1. The molecule has 1 unspecified atom stereocenters. The first-order chi connectivity index (χ1) is 13.2. The first-order valence-electron chi connectivity index (χ1n) is 8.62. The number of rotatable bonds is 5. The van der Waals surface area contributed by atoms with Crippen molar-refractivity contribution in [2.75, 3.05) is 13.4 Å². The molecule has 0 amide bonds. The van der Waals surface area contributed by atoms with Crippen molar-refractivity contribution in [2.45, 2.75) is 20.0 Å². The molecular weight excluding hydrogens is 378 g/mol. The van der Waals surface area contributed by atoms with Crippen LogP contribution in [0.1, 0.15) is 38.8 Å². The van der Waals surface area contributed by atoms with Crippen LogP contribution in [0.3, 0.4) is 0 Å². The lowest BCUT2D eigenvalue weighted by Gasteiger charge is -2.20. The predicted octanol–water partition coefficient (Wildman–Crippen LogP) is 3.70. The minimum atomic E-state index is -3.75. The third-order valence-corrected chi connectivity index (χ3v) is 4.85. The van der Waals surface area contributed by atoms with Crippen molar-refractivity contribution in [1.82, 2.24) is 4.98 Å². The van der Waals surface area contributed by atoms with Crippen LogP contribution in [0.25, 0.3) is 10.9 Å². The van der Waals surface area contributed by atoms with E-state index in [-0.39, 0.29) is 0 Å². The number of aromatic nitrogens is 1. The maximum absolute atomic E-state index is 12.0. The van der Waals surface area contributed by atoms with Gasteiger partial charge in [-0.25, -0.2) is 4.79 Å². The van der Waals surface area contributed by atoms with Gasteiger partial charge in [0.1, 0.15) is 6.10 Å². The van der Waals surface area contributed by atoms with E-state index in [2.05, 4.69) is 4.98 Å². The zero-order valence-electron chi connectivity index (χ0n) is 16.1. The molecule has 1 atom stereocenters. The fourth-order valence-electron chi connectivity index (χ4n) is 3.09. The van der Waals surface area contributed by atoms with Gasteiger partial charge in [0.25, 0.3) is 10.1 Å². The average Bonchev–Trinajstić information content (AvgIpc) is 2.65. The summed E-state index contributed by atoms with van der Waals surface area (Å²) in [5.74, 6) is -0.465. The van der Waals surface area contributed by atoms with Gasteiger partial charge in [0.15, 0.2) is 0 Å². The third kappa shape index (κ3) is 4.37. The van der Waals surface area contributed by atoms with E-state index in [0.717, 1.165) is 28.4 Å². The molecule has 0 fully saturated rings. The van der Waals surface area contributed by atoms with Gasteiger partial charge in [0.05, 0.1) is 24.4 Å². The molecule has 1 aromatic heterocycles. The van der Waals surface area contributed by atoms with Gasteiger partial charge in [-0.3, -0.25) is 9.17 Å². The molecule has 28 heavy (non-hydrogen) atoms. The molecule has 0 aliphatic heterocycles. The number of fused-ring (bicyclic) bond motifs is 1. The lowest BCUT2D eigenvalue weighted by Crippen LogP contribution is -2.13. The summed E-state index contributed by atoms with van der Waals surface area (Å²) < 4.78 is 34.2. The van der Waals surface area contributed by atoms with Crippen molar-refractivity contribution in [3.05, 3.63) is 76.5 Å². The summed E-state index contributed by atoms with van der Waals surface area (Å²) in [5, 5.41) is 0.816. The Bertz CT molecular complexity index is 1140. The lowest BCUT2D eigenvalue weighted by atomic mass is 9.96. The number of esters is 1. The van der Waals surface area contributed by atoms with Gasteiger partial charge in [0.2, 0.25) is 0 Å². The number of pyridine rings is 1. The highest BCUT2D eigenvalue weighted by Crippen LogP contribution is 2.33. The van der Waals surface area contributed by atoms with E-state index in [4.69, 9.17) is 8.92 Å². The Kier molecular flexibility index (Phi) is 5.49. The molecule has 0 saturated heterocycles. The number of aryl methyl sites for hydroxylation is 2. The van der Waals surface area contributed by atoms with Crippen LogP contribution in [0.2, 0.25) is 0 Å². The smallest absolute Gasteiger partial charge is 0.337 e. The highest BCUT2D eigenvalue weighted by molar-refractivity contribution is 7.86. The first-order valence-corrected chi connectivity index (χ1v) is 10.4. The number of hydrogen-bond donors (Lipinski definition) is 0. The summed E-state index contributed by atoms with van der Waals surface area (Å²) in [6.07, 6.45) is 0.150. The SMILES string of the molecule is COC(=O)c1ccc(C(OS(C)(=O)=O)c2cc(C)nc3ccc(C)cc23)cc1. The summed E-state index contributed by atoms with van der Waals surface area (Å²) in [7, 11) is -2.45. The summed E-state index contributed by atoms with van der Waals surface area (Å²) in [6, 6.07) is 14.1. The Morgan fingerprint density at radius 3 is 2.32 bits per heavy atom. The lowest BCUT2D eigenvalue weighted by molar-refractivity contribution is 0.0600. The van der Waals surface area contributed by atoms with Gasteiger partial charge in [-0.2, -0.15) is 8.42 Å². The maximum atomic E-state index is 12.0. The minimum absolute atomic E-state index is 0.371. The summed E-state index contributed by atoms with van der Waals surface area (Å²) in [5.41, 5.74) is 4.21. The van der Waals surface area contributed by atoms with Crippen LogP contribution in [0.5, 0.6) is 0 Å². The Labute approximate surface area is 164 Å². The predicted molar refractivity (Wildman–Crippen MR) is 107 cm³/mol. The molecule has 146 valence electrons. The number of hydrogen-bond acceptors (Lipinski definition) is 6.